The van der Waals surface area contributed by atoms with Gasteiger partial charge in [0.1, 0.15) is 17.6 Å². The zero-order valence-corrected chi connectivity index (χ0v) is 17.1. The molecule has 1 saturated heterocycles. The van der Waals surface area contributed by atoms with Gasteiger partial charge in [-0.25, -0.2) is 9.18 Å². The largest absolute Gasteiger partial charge is 0.493 e. The Balaban J connectivity index is 1.26. The minimum atomic E-state index is -1.02. The molecule has 30 heavy (non-hydrogen) atoms. The molecule has 5 saturated carbocycles. The van der Waals surface area contributed by atoms with Crippen LogP contribution in [0.4, 0.5) is 4.39 Å². The fourth-order valence-electron chi connectivity index (χ4n) is 7.13. The number of benzene rings is 1. The van der Waals surface area contributed by atoms with E-state index in [1.807, 2.05) is 0 Å². The first-order valence-corrected chi connectivity index (χ1v) is 11.5. The summed E-state index contributed by atoms with van der Waals surface area (Å²) < 4.78 is 21.3. The van der Waals surface area contributed by atoms with E-state index in [-0.39, 0.29) is 11.0 Å². The van der Waals surface area contributed by atoms with E-state index in [9.17, 15) is 14.7 Å². The lowest BCUT2D eigenvalue weighted by atomic mass is 9.82. The summed E-state index contributed by atoms with van der Waals surface area (Å²) in [7, 11) is 0. The molecule has 1 aromatic carbocycles. The summed E-state index contributed by atoms with van der Waals surface area (Å²) in [6, 6.07) is 2.17. The highest BCUT2D eigenvalue weighted by Crippen LogP contribution is 2.70. The number of halogens is 1. The molecule has 3 unspecified atom stereocenters. The van der Waals surface area contributed by atoms with Gasteiger partial charge in [0.2, 0.25) is 0 Å². The summed E-state index contributed by atoms with van der Waals surface area (Å²) in [5, 5.41) is 9.39. The maximum Gasteiger partial charge on any atom is 0.326 e. The summed E-state index contributed by atoms with van der Waals surface area (Å²) >= 11 is 0. The topological polar surface area (TPSA) is 66.8 Å². The molecule has 4 bridgehead atoms. The number of rotatable bonds is 6. The van der Waals surface area contributed by atoms with Gasteiger partial charge < -0.3 is 14.7 Å². The lowest BCUT2D eigenvalue weighted by Crippen LogP contribution is -2.40. The summed E-state index contributed by atoms with van der Waals surface area (Å²) in [5.41, 5.74) is 1.19. The van der Waals surface area contributed by atoms with Crippen LogP contribution in [-0.4, -0.2) is 41.1 Å². The maximum atomic E-state index is 15.0. The number of hydrogen-bond donors (Lipinski definition) is 1. The summed E-state index contributed by atoms with van der Waals surface area (Å²) in [4.78, 5) is 25.8. The average molecular weight is 413 g/mol. The van der Waals surface area contributed by atoms with Crippen LogP contribution in [0.5, 0.6) is 5.75 Å². The van der Waals surface area contributed by atoms with Crippen molar-refractivity contribution in [1.29, 1.82) is 0 Å². The SMILES string of the molecule is O=C(O)C1CCCN1C(=O)c1cc(C2CC2)c(OCC23CC4CC2CC4C3)cc1F. The fraction of sp³-hybridized carbons (Fsp3) is 0.667. The number of ether oxygens (including phenoxy) is 1. The molecule has 0 aromatic heterocycles. The molecule has 3 atom stereocenters. The van der Waals surface area contributed by atoms with Crippen molar-refractivity contribution in [2.24, 2.45) is 23.2 Å². The van der Waals surface area contributed by atoms with Gasteiger partial charge in [-0.05, 0) is 86.7 Å². The standard InChI is InChI=1S/C24H28FNO4/c25-19-9-21(30-12-24-10-14-6-16(24)7-15(14)11-24)17(13-3-4-13)8-18(19)22(27)26-5-1-2-20(26)23(28)29/h8-9,13-16,20H,1-7,10-12H2,(H,28,29). The molecule has 160 valence electrons. The Labute approximate surface area is 175 Å². The summed E-state index contributed by atoms with van der Waals surface area (Å²) in [6.07, 6.45) is 8.29. The zero-order valence-electron chi connectivity index (χ0n) is 17.1. The molecule has 1 amide bonds. The van der Waals surface area contributed by atoms with Crippen molar-refractivity contribution in [3.8, 4) is 5.75 Å². The maximum absolute atomic E-state index is 15.0. The Hall–Kier alpha value is -2.11. The van der Waals surface area contributed by atoms with Gasteiger partial charge in [-0.1, -0.05) is 0 Å². The van der Waals surface area contributed by atoms with Crippen molar-refractivity contribution in [2.75, 3.05) is 13.2 Å². The Kier molecular flexibility index (Phi) is 4.00. The van der Waals surface area contributed by atoms with Crippen LogP contribution in [0.3, 0.4) is 0 Å². The van der Waals surface area contributed by atoms with Crippen molar-refractivity contribution in [3.63, 3.8) is 0 Å². The number of hydrogen-bond acceptors (Lipinski definition) is 3. The molecule has 5 aliphatic carbocycles. The van der Waals surface area contributed by atoms with Gasteiger partial charge in [0, 0.05) is 18.0 Å². The summed E-state index contributed by atoms with van der Waals surface area (Å²) in [6.45, 7) is 1.02. The molecule has 5 nitrogen and oxygen atoms in total. The van der Waals surface area contributed by atoms with E-state index in [4.69, 9.17) is 4.74 Å². The highest BCUT2D eigenvalue weighted by Gasteiger charge is 2.63. The van der Waals surface area contributed by atoms with Crippen LogP contribution in [0.25, 0.3) is 0 Å². The number of carboxylic acid groups (broad SMARTS) is 1. The molecule has 0 spiro atoms. The van der Waals surface area contributed by atoms with Crippen molar-refractivity contribution < 1.29 is 23.8 Å². The first kappa shape index (κ1) is 18.6. The Morgan fingerprint density at radius 3 is 2.50 bits per heavy atom. The normalized spacial score (nSPS) is 36.1. The smallest absolute Gasteiger partial charge is 0.326 e. The van der Waals surface area contributed by atoms with Crippen molar-refractivity contribution in [3.05, 3.63) is 29.1 Å². The van der Waals surface area contributed by atoms with Crippen LogP contribution in [0.1, 0.15) is 73.2 Å². The van der Waals surface area contributed by atoms with E-state index in [0.29, 0.717) is 37.7 Å². The highest BCUT2D eigenvalue weighted by molar-refractivity contribution is 5.97. The van der Waals surface area contributed by atoms with Crippen LogP contribution >= 0.6 is 0 Å². The Morgan fingerprint density at radius 1 is 1.17 bits per heavy atom. The molecule has 6 aliphatic rings. The second kappa shape index (κ2) is 6.44. The Morgan fingerprint density at radius 2 is 1.90 bits per heavy atom. The van der Waals surface area contributed by atoms with E-state index in [1.165, 1.54) is 36.6 Å². The van der Waals surface area contributed by atoms with Crippen molar-refractivity contribution in [1.82, 2.24) is 4.90 Å². The van der Waals surface area contributed by atoms with E-state index in [0.717, 1.165) is 36.2 Å². The number of aliphatic carboxylic acids is 1. The van der Waals surface area contributed by atoms with Gasteiger partial charge in [0.25, 0.3) is 5.91 Å². The minimum absolute atomic E-state index is 0.0142. The van der Waals surface area contributed by atoms with Gasteiger partial charge in [-0.15, -0.1) is 0 Å². The molecule has 7 rings (SSSR count). The van der Waals surface area contributed by atoms with Crippen molar-refractivity contribution >= 4 is 11.9 Å². The molecular weight excluding hydrogens is 385 g/mol. The van der Waals surface area contributed by atoms with E-state index in [2.05, 4.69) is 0 Å². The van der Waals surface area contributed by atoms with Gasteiger partial charge in [0.15, 0.2) is 0 Å². The fourth-order valence-corrected chi connectivity index (χ4v) is 7.13. The monoisotopic (exact) mass is 413 g/mol. The van der Waals surface area contributed by atoms with Crippen LogP contribution in [0.2, 0.25) is 0 Å². The minimum Gasteiger partial charge on any atom is -0.493 e. The molecule has 1 heterocycles. The van der Waals surface area contributed by atoms with E-state index < -0.39 is 23.7 Å². The number of nitrogens with zero attached hydrogens (tertiary/aromatic N) is 1. The van der Waals surface area contributed by atoms with Crippen LogP contribution in [-0.2, 0) is 4.79 Å². The predicted octanol–water partition coefficient (Wildman–Crippen LogP) is 4.21. The molecule has 0 radical (unpaired) electrons. The number of carboxylic acids is 1. The van der Waals surface area contributed by atoms with Crippen LogP contribution < -0.4 is 4.74 Å². The van der Waals surface area contributed by atoms with E-state index >= 15 is 4.39 Å². The summed E-state index contributed by atoms with van der Waals surface area (Å²) in [5.74, 6) is 1.28. The molecule has 1 aliphatic heterocycles. The quantitative estimate of drug-likeness (QED) is 0.759. The lowest BCUT2D eigenvalue weighted by Gasteiger charge is -2.29. The number of amides is 1. The second-order valence-electron chi connectivity index (χ2n) is 10.4. The molecule has 6 heteroatoms. The number of likely N-dealkylation sites (tertiary alicyclic amines) is 1. The van der Waals surface area contributed by atoms with Crippen molar-refractivity contribution in [2.45, 2.75) is 63.3 Å². The lowest BCUT2D eigenvalue weighted by molar-refractivity contribution is -0.141. The van der Waals surface area contributed by atoms with Crippen LogP contribution in [0.15, 0.2) is 12.1 Å². The van der Waals surface area contributed by atoms with Gasteiger partial charge >= 0.3 is 5.97 Å². The molecule has 1 N–H and O–H groups in total. The second-order valence-corrected chi connectivity index (χ2v) is 10.4. The highest BCUT2D eigenvalue weighted by atomic mass is 19.1. The van der Waals surface area contributed by atoms with Gasteiger partial charge in [-0.2, -0.15) is 0 Å². The first-order valence-electron chi connectivity index (χ1n) is 11.5. The Bertz CT molecular complexity index is 912. The predicted molar refractivity (Wildman–Crippen MR) is 107 cm³/mol. The van der Waals surface area contributed by atoms with Gasteiger partial charge in [0.05, 0.1) is 12.2 Å². The van der Waals surface area contributed by atoms with E-state index in [1.54, 1.807) is 6.07 Å². The third-order valence-electron chi connectivity index (χ3n) is 8.71. The first-order chi connectivity index (χ1) is 14.4. The average Bonchev–Trinajstić information content (AvgIpc) is 3.09. The van der Waals surface area contributed by atoms with Gasteiger partial charge in [-0.3, -0.25) is 4.79 Å². The van der Waals surface area contributed by atoms with Crippen LogP contribution in [0, 0.1) is 29.0 Å². The number of carbonyl (C=O) groups excluding carboxylic acids is 1. The molecule has 6 fully saturated rings. The number of carbonyl (C=O) groups is 2. The molecule has 1 aromatic rings. The third-order valence-corrected chi connectivity index (χ3v) is 8.71. The zero-order chi connectivity index (χ0) is 20.6. The third kappa shape index (κ3) is 2.71. The molecular formula is C24H28FNO4.